The molecule has 4 unspecified atom stereocenters. The van der Waals surface area contributed by atoms with Gasteiger partial charge < -0.3 is 33.8 Å². The molecule has 0 saturated heterocycles. The molecule has 0 aliphatic rings. The zero-order chi connectivity index (χ0) is 29.7. The molecule has 0 aromatic carbocycles. The van der Waals surface area contributed by atoms with E-state index in [4.69, 9.17) is 4.74 Å². The number of hydrogen-bond donors (Lipinski definition) is 2. The van der Waals surface area contributed by atoms with Gasteiger partial charge in [0.05, 0.1) is 30.0 Å². The average Bonchev–Trinajstić information content (AvgIpc) is 3.62. The number of aryl methyl sites for hydroxylation is 1. The summed E-state index contributed by atoms with van der Waals surface area (Å²) in [5.41, 5.74) is 2.81. The van der Waals surface area contributed by atoms with Crippen molar-refractivity contribution >= 4 is 28.3 Å². The Hall–Kier alpha value is -1.99. The van der Waals surface area contributed by atoms with Crippen LogP contribution < -0.4 is 10.6 Å². The van der Waals surface area contributed by atoms with Crippen molar-refractivity contribution in [3.63, 3.8) is 0 Å². The van der Waals surface area contributed by atoms with E-state index in [1.807, 2.05) is 35.1 Å². The van der Waals surface area contributed by atoms with Gasteiger partial charge in [-0.05, 0) is 57.7 Å². The number of nitrogens with zero attached hydrogens (tertiary/aromatic N) is 3. The smallest absolute Gasteiger partial charge is 0.383 e. The number of amides is 2. The molecule has 3 aromatic rings. The van der Waals surface area contributed by atoms with Gasteiger partial charge in [-0.2, -0.15) is 6.42 Å². The quantitative estimate of drug-likeness (QED) is 0.183. The van der Waals surface area contributed by atoms with E-state index in [0.717, 1.165) is 23.7 Å². The SMILES string of the molecule is CCC(C)CC(C)OC(C)CC.[CH2-]CC([CH2-])n1ccc(C(=O)NCC(=O)Nc2nc(-c3cccc(C)n3)cs2)c1.[U+2]. The largest absolute Gasteiger partial charge is 2.00 e. The zero-order valence-electron chi connectivity index (χ0n) is 25.3. The average molecular weight is 806 g/mol. The van der Waals surface area contributed by atoms with E-state index in [-0.39, 0.29) is 55.5 Å². The van der Waals surface area contributed by atoms with Crippen molar-refractivity contribution < 1.29 is 45.4 Å². The topological polar surface area (TPSA) is 98.1 Å². The first kappa shape index (κ1) is 37.0. The monoisotopic (exact) mass is 805 g/mol. The number of hydrogen-bond acceptors (Lipinski definition) is 6. The third-order valence-electron chi connectivity index (χ3n) is 6.51. The van der Waals surface area contributed by atoms with Gasteiger partial charge in [0.2, 0.25) is 5.91 Å². The first-order valence-corrected chi connectivity index (χ1v) is 14.9. The third kappa shape index (κ3) is 13.2. The van der Waals surface area contributed by atoms with Crippen LogP contribution >= 0.6 is 11.3 Å². The Morgan fingerprint density at radius 1 is 1.07 bits per heavy atom. The van der Waals surface area contributed by atoms with Gasteiger partial charge in [0.25, 0.3) is 5.91 Å². The Balaban J connectivity index is 0.000000551. The molecular formula is C31H45N5O3SU. The summed E-state index contributed by atoms with van der Waals surface area (Å²) in [5, 5.41) is 7.58. The molecular weight excluding hydrogens is 760 g/mol. The fourth-order valence-electron chi connectivity index (χ4n) is 3.77. The standard InChI is InChI=1S/C20H21N5O2S.C11H24O.U/c1-4-14(3)25-9-8-15(11-25)19(27)21-10-18(26)24-20-23-17(12-28-20)16-7-5-6-13(2)22-16;1-6-9(3)8-11(5)12-10(4)7-2;/h5-9,11-12,14H,1,3-4,10H2,2H3,(H,21,27)(H,23,24,26);9-11H,6-8H2,1-5H3;/q-2;;+2. The minimum Gasteiger partial charge on any atom is -0.383 e. The van der Waals surface area contributed by atoms with Crippen LogP contribution in [0.4, 0.5) is 5.13 Å². The minimum absolute atomic E-state index is 0. The normalized spacial score (nSPS) is 13.6. The Kier molecular flexibility index (Phi) is 17.4. The number of rotatable bonds is 13. The molecule has 0 aliphatic heterocycles. The van der Waals surface area contributed by atoms with E-state index >= 15 is 0 Å². The van der Waals surface area contributed by atoms with E-state index in [2.05, 4.69) is 69.1 Å². The van der Waals surface area contributed by atoms with Gasteiger partial charge in [0.1, 0.15) is 5.69 Å². The Morgan fingerprint density at radius 2 is 1.80 bits per heavy atom. The van der Waals surface area contributed by atoms with Crippen LogP contribution in [0.15, 0.2) is 42.0 Å². The summed E-state index contributed by atoms with van der Waals surface area (Å²) in [6.07, 6.45) is 8.50. The summed E-state index contributed by atoms with van der Waals surface area (Å²) in [4.78, 5) is 33.1. The summed E-state index contributed by atoms with van der Waals surface area (Å²) >= 11 is 1.31. The molecule has 4 atom stereocenters. The fraction of sp³-hybridized carbons (Fsp3) is 0.484. The second-order valence-corrected chi connectivity index (χ2v) is 11.0. The predicted octanol–water partition coefficient (Wildman–Crippen LogP) is 6.91. The van der Waals surface area contributed by atoms with Crippen LogP contribution in [-0.4, -0.2) is 45.1 Å². The number of ether oxygens (including phenoxy) is 1. The summed E-state index contributed by atoms with van der Waals surface area (Å²) in [7, 11) is 0. The van der Waals surface area contributed by atoms with Crippen LogP contribution in [0.3, 0.4) is 0 Å². The molecule has 0 spiro atoms. The Morgan fingerprint density at radius 3 is 2.44 bits per heavy atom. The number of aromatic nitrogens is 3. The van der Waals surface area contributed by atoms with Gasteiger partial charge in [0.15, 0.2) is 5.13 Å². The molecule has 0 aliphatic carbocycles. The fourth-order valence-corrected chi connectivity index (χ4v) is 4.49. The Bertz CT molecular complexity index is 1190. The maximum Gasteiger partial charge on any atom is 2.00 e. The van der Waals surface area contributed by atoms with Crippen LogP contribution in [0.5, 0.6) is 0 Å². The van der Waals surface area contributed by atoms with E-state index in [9.17, 15) is 9.59 Å². The van der Waals surface area contributed by atoms with Crippen LogP contribution in [0.1, 0.15) is 82.4 Å². The van der Waals surface area contributed by atoms with E-state index < -0.39 is 0 Å². The first-order chi connectivity index (χ1) is 19.1. The van der Waals surface area contributed by atoms with Gasteiger partial charge in [-0.25, -0.2) is 4.98 Å². The number of nitrogens with one attached hydrogen (secondary N) is 2. The molecule has 8 nitrogen and oxygen atoms in total. The zero-order valence-corrected chi connectivity index (χ0v) is 30.3. The molecule has 222 valence electrons. The summed E-state index contributed by atoms with van der Waals surface area (Å²) < 4.78 is 7.59. The van der Waals surface area contributed by atoms with Gasteiger partial charge in [0, 0.05) is 23.5 Å². The van der Waals surface area contributed by atoms with Crippen LogP contribution in [0.25, 0.3) is 11.4 Å². The van der Waals surface area contributed by atoms with Gasteiger partial charge in [-0.15, -0.1) is 17.4 Å². The molecule has 2 amide bonds. The van der Waals surface area contributed by atoms with E-state index in [0.29, 0.717) is 35.0 Å². The number of thiazole rings is 1. The third-order valence-corrected chi connectivity index (χ3v) is 7.27. The number of carbonyl (C=O) groups is 2. The summed E-state index contributed by atoms with van der Waals surface area (Å²) in [6, 6.07) is 7.33. The Labute approximate surface area is 273 Å². The summed E-state index contributed by atoms with van der Waals surface area (Å²) in [5.74, 6) is 0.122. The maximum atomic E-state index is 12.2. The molecule has 0 radical (unpaired) electrons. The number of anilines is 1. The molecule has 0 bridgehead atoms. The van der Waals surface area contributed by atoms with Crippen molar-refractivity contribution in [3.05, 3.63) is 67.1 Å². The molecule has 3 heterocycles. The minimum atomic E-state index is -0.348. The molecule has 3 aromatic heterocycles. The van der Waals surface area contributed by atoms with Crippen molar-refractivity contribution in [3.8, 4) is 11.4 Å². The van der Waals surface area contributed by atoms with Crippen LogP contribution in [-0.2, 0) is 9.53 Å². The second kappa shape index (κ2) is 19.2. The first-order valence-electron chi connectivity index (χ1n) is 14.0. The van der Waals surface area contributed by atoms with E-state index in [1.165, 1.54) is 24.2 Å². The van der Waals surface area contributed by atoms with Crippen molar-refractivity contribution in [2.24, 2.45) is 5.92 Å². The van der Waals surface area contributed by atoms with Crippen molar-refractivity contribution in [2.45, 2.75) is 85.5 Å². The molecule has 0 fully saturated rings. The van der Waals surface area contributed by atoms with Gasteiger partial charge in [-0.1, -0.05) is 33.3 Å². The van der Waals surface area contributed by atoms with Crippen molar-refractivity contribution in [2.75, 3.05) is 11.9 Å². The predicted molar refractivity (Wildman–Crippen MR) is 164 cm³/mol. The van der Waals surface area contributed by atoms with E-state index in [1.54, 1.807) is 18.5 Å². The molecule has 41 heavy (non-hydrogen) atoms. The molecule has 3 rings (SSSR count). The van der Waals surface area contributed by atoms with Gasteiger partial charge >= 0.3 is 31.1 Å². The maximum absolute atomic E-state index is 12.2. The number of carbonyl (C=O) groups excluding carboxylic acids is 2. The second-order valence-electron chi connectivity index (χ2n) is 10.1. The number of pyridine rings is 1. The van der Waals surface area contributed by atoms with Crippen LogP contribution in [0, 0.1) is 57.8 Å². The molecule has 2 N–H and O–H groups in total. The van der Waals surface area contributed by atoms with Crippen LogP contribution in [0.2, 0.25) is 0 Å². The van der Waals surface area contributed by atoms with Gasteiger partial charge in [-0.3, -0.25) is 14.6 Å². The van der Waals surface area contributed by atoms with Crippen molar-refractivity contribution in [1.29, 1.82) is 0 Å². The molecule has 10 heteroatoms. The summed E-state index contributed by atoms with van der Waals surface area (Å²) in [6.45, 7) is 20.5. The van der Waals surface area contributed by atoms with Crippen molar-refractivity contribution in [1.82, 2.24) is 19.9 Å². The molecule has 0 saturated carbocycles.